The third kappa shape index (κ3) is 6.29. The molecule has 32 heavy (non-hydrogen) atoms. The number of halogens is 2. The molecule has 3 aromatic carbocycles. The van der Waals surface area contributed by atoms with Crippen LogP contribution in [0.15, 0.2) is 71.8 Å². The summed E-state index contributed by atoms with van der Waals surface area (Å²) in [5.74, 6) is -0.953. The first-order valence-electron chi connectivity index (χ1n) is 9.31. The molecule has 7 nitrogen and oxygen atoms in total. The fourth-order valence-electron chi connectivity index (χ4n) is 2.54. The molecule has 0 aliphatic heterocycles. The number of para-hydroxylation sites is 1. The average Bonchev–Trinajstić information content (AvgIpc) is 2.79. The Kier molecular flexibility index (Phi) is 7.77. The number of carbonyl (C=O) groups is 2. The van der Waals surface area contributed by atoms with Crippen molar-refractivity contribution in [3.63, 3.8) is 0 Å². The lowest BCUT2D eigenvalue weighted by Crippen LogP contribution is -2.24. The number of esters is 1. The molecule has 0 saturated heterocycles. The summed E-state index contributed by atoms with van der Waals surface area (Å²) in [6, 6.07) is 16.6. The summed E-state index contributed by atoms with van der Waals surface area (Å²) < 4.78 is 29.2. The maximum Gasteiger partial charge on any atom is 0.343 e. The zero-order chi connectivity index (χ0) is 22.9. The molecule has 0 unspecified atom stereocenters. The molecule has 3 rings (SSSR count). The number of rotatable bonds is 8. The zero-order valence-electron chi connectivity index (χ0n) is 16.9. The molecule has 0 atom stereocenters. The van der Waals surface area contributed by atoms with Crippen molar-refractivity contribution in [2.45, 2.75) is 0 Å². The van der Waals surface area contributed by atoms with Crippen LogP contribution >= 0.6 is 11.6 Å². The molecule has 0 bridgehead atoms. The Morgan fingerprint density at radius 3 is 2.59 bits per heavy atom. The van der Waals surface area contributed by atoms with Crippen molar-refractivity contribution in [3.05, 3.63) is 88.7 Å². The SMILES string of the molecule is COc1cc(/C=N\NC(=O)COc2ccccc2Cl)ccc1OC(=O)c1cccc(F)c1. The number of nitrogens with zero attached hydrogens (tertiary/aromatic N) is 1. The fourth-order valence-corrected chi connectivity index (χ4v) is 2.73. The second-order valence-electron chi connectivity index (χ2n) is 6.32. The minimum atomic E-state index is -0.727. The molecular formula is C23H18ClFN2O5. The topological polar surface area (TPSA) is 86.2 Å². The van der Waals surface area contributed by atoms with Gasteiger partial charge in [-0.05, 0) is 54.1 Å². The van der Waals surface area contributed by atoms with Gasteiger partial charge in [-0.25, -0.2) is 14.6 Å². The minimum Gasteiger partial charge on any atom is -0.493 e. The Bertz CT molecular complexity index is 1150. The normalized spacial score (nSPS) is 10.6. The summed E-state index contributed by atoms with van der Waals surface area (Å²) in [6.45, 7) is -0.265. The van der Waals surface area contributed by atoms with E-state index in [9.17, 15) is 14.0 Å². The second-order valence-corrected chi connectivity index (χ2v) is 6.73. The zero-order valence-corrected chi connectivity index (χ0v) is 17.6. The number of hydrogen-bond acceptors (Lipinski definition) is 6. The predicted molar refractivity (Wildman–Crippen MR) is 117 cm³/mol. The van der Waals surface area contributed by atoms with Crippen molar-refractivity contribution in [3.8, 4) is 17.2 Å². The summed E-state index contributed by atoms with van der Waals surface area (Å²) >= 11 is 5.96. The average molecular weight is 457 g/mol. The van der Waals surface area contributed by atoms with Crippen molar-refractivity contribution in [2.24, 2.45) is 5.10 Å². The third-order valence-corrected chi connectivity index (χ3v) is 4.36. The van der Waals surface area contributed by atoms with Crippen LogP contribution in [0.3, 0.4) is 0 Å². The number of nitrogens with one attached hydrogen (secondary N) is 1. The molecule has 164 valence electrons. The fraction of sp³-hybridized carbons (Fsp3) is 0.0870. The van der Waals surface area contributed by atoms with Gasteiger partial charge in [-0.1, -0.05) is 29.8 Å². The van der Waals surface area contributed by atoms with Crippen molar-refractivity contribution in [2.75, 3.05) is 13.7 Å². The van der Waals surface area contributed by atoms with Crippen LogP contribution in [0.25, 0.3) is 0 Å². The van der Waals surface area contributed by atoms with E-state index in [1.807, 2.05) is 0 Å². The minimum absolute atomic E-state index is 0.0689. The van der Waals surface area contributed by atoms with Gasteiger partial charge in [0.15, 0.2) is 18.1 Å². The molecule has 0 saturated carbocycles. The number of carbonyl (C=O) groups excluding carboxylic acids is 2. The lowest BCUT2D eigenvalue weighted by atomic mass is 10.2. The lowest BCUT2D eigenvalue weighted by Gasteiger charge is -2.10. The third-order valence-electron chi connectivity index (χ3n) is 4.05. The number of hydrazone groups is 1. The number of ether oxygens (including phenoxy) is 3. The van der Waals surface area contributed by atoms with E-state index in [0.717, 1.165) is 6.07 Å². The van der Waals surface area contributed by atoms with Gasteiger partial charge in [0.25, 0.3) is 5.91 Å². The van der Waals surface area contributed by atoms with Crippen LogP contribution in [-0.4, -0.2) is 31.8 Å². The predicted octanol–water partition coefficient (Wildman–Crippen LogP) is 4.24. The van der Waals surface area contributed by atoms with Gasteiger partial charge in [-0.3, -0.25) is 4.79 Å². The summed E-state index contributed by atoms with van der Waals surface area (Å²) in [7, 11) is 1.41. The summed E-state index contributed by atoms with van der Waals surface area (Å²) in [5, 5.41) is 4.25. The van der Waals surface area contributed by atoms with Gasteiger partial charge >= 0.3 is 5.97 Å². The molecule has 0 aromatic heterocycles. The van der Waals surface area contributed by atoms with Crippen LogP contribution in [-0.2, 0) is 4.79 Å². The molecule has 3 aromatic rings. The smallest absolute Gasteiger partial charge is 0.343 e. The van der Waals surface area contributed by atoms with Gasteiger partial charge < -0.3 is 14.2 Å². The van der Waals surface area contributed by atoms with E-state index >= 15 is 0 Å². The largest absolute Gasteiger partial charge is 0.493 e. The van der Waals surface area contributed by atoms with Crippen molar-refractivity contribution in [1.29, 1.82) is 0 Å². The molecule has 0 spiro atoms. The first-order chi connectivity index (χ1) is 15.5. The Balaban J connectivity index is 1.58. The highest BCUT2D eigenvalue weighted by molar-refractivity contribution is 6.32. The first kappa shape index (κ1) is 22.8. The van der Waals surface area contributed by atoms with E-state index < -0.39 is 17.7 Å². The van der Waals surface area contributed by atoms with E-state index in [-0.39, 0.29) is 23.7 Å². The molecule has 0 aliphatic rings. The second kappa shape index (κ2) is 10.9. The van der Waals surface area contributed by atoms with E-state index in [1.54, 1.807) is 36.4 Å². The molecule has 0 aliphatic carbocycles. The molecular weight excluding hydrogens is 439 g/mol. The van der Waals surface area contributed by atoms with Crippen LogP contribution in [0, 0.1) is 5.82 Å². The van der Waals surface area contributed by atoms with Gasteiger partial charge in [0, 0.05) is 0 Å². The van der Waals surface area contributed by atoms with Gasteiger partial charge in [0.05, 0.1) is 23.9 Å². The van der Waals surface area contributed by atoms with Crippen LogP contribution in [0.5, 0.6) is 17.2 Å². The van der Waals surface area contributed by atoms with Crippen LogP contribution in [0.2, 0.25) is 5.02 Å². The monoisotopic (exact) mass is 456 g/mol. The van der Waals surface area contributed by atoms with Gasteiger partial charge in [0.1, 0.15) is 11.6 Å². The van der Waals surface area contributed by atoms with Crippen molar-refractivity contribution < 1.29 is 28.2 Å². The van der Waals surface area contributed by atoms with Crippen LogP contribution in [0.4, 0.5) is 4.39 Å². The van der Waals surface area contributed by atoms with Gasteiger partial charge in [-0.15, -0.1) is 0 Å². The molecule has 0 fully saturated rings. The quantitative estimate of drug-likeness (QED) is 0.237. The van der Waals surface area contributed by atoms with Crippen molar-refractivity contribution >= 4 is 29.7 Å². The Morgan fingerprint density at radius 2 is 1.84 bits per heavy atom. The Hall–Kier alpha value is -3.91. The highest BCUT2D eigenvalue weighted by atomic mass is 35.5. The Labute approximate surface area is 188 Å². The molecule has 9 heteroatoms. The van der Waals surface area contributed by atoms with E-state index in [4.69, 9.17) is 25.8 Å². The first-order valence-corrected chi connectivity index (χ1v) is 9.69. The number of methoxy groups -OCH3 is 1. The molecule has 0 radical (unpaired) electrons. The van der Waals surface area contributed by atoms with Gasteiger partial charge in [-0.2, -0.15) is 5.10 Å². The highest BCUT2D eigenvalue weighted by Gasteiger charge is 2.13. The van der Waals surface area contributed by atoms with E-state index in [2.05, 4.69) is 10.5 Å². The maximum absolute atomic E-state index is 13.3. The summed E-state index contributed by atoms with van der Waals surface area (Å²) in [6.07, 6.45) is 1.38. The molecule has 1 amide bonds. The Morgan fingerprint density at radius 1 is 1.03 bits per heavy atom. The molecule has 0 heterocycles. The van der Waals surface area contributed by atoms with Crippen LogP contribution < -0.4 is 19.6 Å². The lowest BCUT2D eigenvalue weighted by molar-refractivity contribution is -0.123. The summed E-state index contributed by atoms with van der Waals surface area (Å²) in [4.78, 5) is 24.1. The van der Waals surface area contributed by atoms with Crippen molar-refractivity contribution in [1.82, 2.24) is 5.43 Å². The number of amides is 1. The van der Waals surface area contributed by atoms with Gasteiger partial charge in [0.2, 0.25) is 0 Å². The van der Waals surface area contributed by atoms with Crippen LogP contribution in [0.1, 0.15) is 15.9 Å². The summed E-state index contributed by atoms with van der Waals surface area (Å²) in [5.41, 5.74) is 2.97. The van der Waals surface area contributed by atoms with E-state index in [0.29, 0.717) is 16.3 Å². The highest BCUT2D eigenvalue weighted by Crippen LogP contribution is 2.28. The maximum atomic E-state index is 13.3. The number of benzene rings is 3. The van der Waals surface area contributed by atoms with E-state index in [1.165, 1.54) is 37.6 Å². The number of hydrogen-bond donors (Lipinski definition) is 1. The molecule has 1 N–H and O–H groups in total. The standard InChI is InChI=1S/C23H18ClFN2O5/c1-30-21-11-15(9-10-20(21)32-23(29)16-5-4-6-17(25)12-16)13-26-27-22(28)14-31-19-8-3-2-7-18(19)24/h2-13H,14H2,1H3,(H,27,28)/b26-13-.